The van der Waals surface area contributed by atoms with Gasteiger partial charge in [0.15, 0.2) is 0 Å². The molecule has 1 fully saturated rings. The lowest BCUT2D eigenvalue weighted by atomic mass is 9.64. The zero-order valence-corrected chi connectivity index (χ0v) is 12.2. The molecule has 0 saturated heterocycles. The van der Waals surface area contributed by atoms with E-state index in [4.69, 9.17) is 9.90 Å². The zero-order valence-electron chi connectivity index (χ0n) is 12.2. The van der Waals surface area contributed by atoms with Gasteiger partial charge in [0.1, 0.15) is 0 Å². The molecule has 0 aromatic rings. The SMILES string of the molecule is CC(=O)O.CC1CCC(C2(C)C=CC=CC2)C(O)C1. The van der Waals surface area contributed by atoms with Crippen LogP contribution in [-0.2, 0) is 4.79 Å². The summed E-state index contributed by atoms with van der Waals surface area (Å²) < 4.78 is 0. The molecule has 2 rings (SSSR count). The van der Waals surface area contributed by atoms with Gasteiger partial charge in [0.25, 0.3) is 5.97 Å². The molecule has 19 heavy (non-hydrogen) atoms. The van der Waals surface area contributed by atoms with Gasteiger partial charge in [0.2, 0.25) is 0 Å². The molecule has 2 aliphatic carbocycles. The molecule has 0 aliphatic heterocycles. The Hall–Kier alpha value is -1.09. The molecule has 0 heterocycles. The van der Waals surface area contributed by atoms with E-state index < -0.39 is 5.97 Å². The van der Waals surface area contributed by atoms with E-state index in [0.29, 0.717) is 11.8 Å². The third-order valence-corrected chi connectivity index (χ3v) is 4.21. The van der Waals surface area contributed by atoms with Crippen molar-refractivity contribution in [3.63, 3.8) is 0 Å². The van der Waals surface area contributed by atoms with E-state index >= 15 is 0 Å². The predicted octanol–water partition coefficient (Wildman–Crippen LogP) is 3.40. The Morgan fingerprint density at radius 2 is 1.95 bits per heavy atom. The zero-order chi connectivity index (χ0) is 14.5. The van der Waals surface area contributed by atoms with Crippen molar-refractivity contribution >= 4 is 5.97 Å². The maximum atomic E-state index is 10.2. The van der Waals surface area contributed by atoms with Crippen molar-refractivity contribution in [2.45, 2.75) is 52.6 Å². The first-order valence-electron chi connectivity index (χ1n) is 7.07. The highest BCUT2D eigenvalue weighted by Crippen LogP contribution is 2.44. The number of rotatable bonds is 1. The molecule has 2 N–H and O–H groups in total. The monoisotopic (exact) mass is 266 g/mol. The van der Waals surface area contributed by atoms with Crippen molar-refractivity contribution < 1.29 is 15.0 Å². The third kappa shape index (κ3) is 4.83. The summed E-state index contributed by atoms with van der Waals surface area (Å²) in [5.74, 6) is 0.317. The summed E-state index contributed by atoms with van der Waals surface area (Å²) in [6.45, 7) is 5.62. The number of carbonyl (C=O) groups is 1. The maximum absolute atomic E-state index is 10.2. The number of hydrogen-bond donors (Lipinski definition) is 2. The fraction of sp³-hybridized carbons (Fsp3) is 0.688. The quantitative estimate of drug-likeness (QED) is 0.764. The summed E-state index contributed by atoms with van der Waals surface area (Å²) in [6, 6.07) is 0. The molecular weight excluding hydrogens is 240 g/mol. The van der Waals surface area contributed by atoms with Gasteiger partial charge >= 0.3 is 0 Å². The number of allylic oxidation sites excluding steroid dienone is 4. The largest absolute Gasteiger partial charge is 0.481 e. The summed E-state index contributed by atoms with van der Waals surface area (Å²) in [4.78, 5) is 9.00. The average molecular weight is 266 g/mol. The maximum Gasteiger partial charge on any atom is 0.300 e. The van der Waals surface area contributed by atoms with Gasteiger partial charge in [0, 0.05) is 6.92 Å². The number of hydrogen-bond acceptors (Lipinski definition) is 2. The van der Waals surface area contributed by atoms with Gasteiger partial charge in [-0.15, -0.1) is 0 Å². The fourth-order valence-electron chi connectivity index (χ4n) is 3.14. The van der Waals surface area contributed by atoms with Crippen LogP contribution < -0.4 is 0 Å². The van der Waals surface area contributed by atoms with Crippen LogP contribution in [0.25, 0.3) is 0 Å². The highest BCUT2D eigenvalue weighted by molar-refractivity contribution is 5.62. The molecule has 4 atom stereocenters. The van der Waals surface area contributed by atoms with Crippen molar-refractivity contribution in [3.8, 4) is 0 Å². The van der Waals surface area contributed by atoms with Crippen LogP contribution in [-0.4, -0.2) is 22.3 Å². The van der Waals surface area contributed by atoms with Crippen molar-refractivity contribution in [3.05, 3.63) is 24.3 Å². The molecule has 3 nitrogen and oxygen atoms in total. The lowest BCUT2D eigenvalue weighted by Gasteiger charge is -2.43. The van der Waals surface area contributed by atoms with E-state index in [2.05, 4.69) is 38.2 Å². The molecule has 0 aromatic heterocycles. The van der Waals surface area contributed by atoms with E-state index in [0.717, 1.165) is 19.8 Å². The Bertz CT molecular complexity index is 355. The first-order valence-corrected chi connectivity index (χ1v) is 7.07. The molecule has 0 radical (unpaired) electrons. The van der Waals surface area contributed by atoms with Crippen molar-refractivity contribution in [2.75, 3.05) is 0 Å². The summed E-state index contributed by atoms with van der Waals surface area (Å²) in [6.07, 6.45) is 13.2. The van der Waals surface area contributed by atoms with Crippen molar-refractivity contribution in [2.24, 2.45) is 17.3 Å². The minimum Gasteiger partial charge on any atom is -0.481 e. The first kappa shape index (κ1) is 16.0. The standard InChI is InChI=1S/C14H22O.C2H4O2/c1-11-6-7-12(13(15)10-11)14(2)8-4-3-5-9-14;1-2(3)4/h3-5,8,11-13,15H,6-7,9-10H2,1-2H3;1H3,(H,3,4). The number of aliphatic carboxylic acids is 1. The highest BCUT2D eigenvalue weighted by Gasteiger charge is 2.39. The number of carboxylic acids is 1. The first-order chi connectivity index (χ1) is 8.85. The Kier molecular flexibility index (Phi) is 5.80. The van der Waals surface area contributed by atoms with Crippen LogP contribution >= 0.6 is 0 Å². The average Bonchev–Trinajstić information content (AvgIpc) is 2.28. The van der Waals surface area contributed by atoms with Crippen LogP contribution in [0.2, 0.25) is 0 Å². The van der Waals surface area contributed by atoms with Crippen LogP contribution in [0, 0.1) is 17.3 Å². The van der Waals surface area contributed by atoms with E-state index in [1.807, 2.05) is 0 Å². The second kappa shape index (κ2) is 6.90. The van der Waals surface area contributed by atoms with Crippen LogP contribution in [0.4, 0.5) is 0 Å². The molecule has 1 saturated carbocycles. The second-order valence-corrected chi connectivity index (χ2v) is 6.11. The van der Waals surface area contributed by atoms with Gasteiger partial charge < -0.3 is 10.2 Å². The van der Waals surface area contributed by atoms with Crippen molar-refractivity contribution in [1.82, 2.24) is 0 Å². The van der Waals surface area contributed by atoms with Gasteiger partial charge in [-0.05, 0) is 36.5 Å². The minimum atomic E-state index is -0.833. The Balaban J connectivity index is 0.000000399. The Labute approximate surface area is 116 Å². The smallest absolute Gasteiger partial charge is 0.300 e. The summed E-state index contributed by atoms with van der Waals surface area (Å²) in [5, 5.41) is 17.6. The van der Waals surface area contributed by atoms with Crippen LogP contribution in [0.5, 0.6) is 0 Å². The molecule has 0 spiro atoms. The molecule has 4 unspecified atom stereocenters. The van der Waals surface area contributed by atoms with E-state index in [9.17, 15) is 5.11 Å². The minimum absolute atomic E-state index is 0.102. The van der Waals surface area contributed by atoms with Crippen molar-refractivity contribution in [1.29, 1.82) is 0 Å². The highest BCUT2D eigenvalue weighted by atomic mass is 16.4. The molecule has 2 aliphatic rings. The topological polar surface area (TPSA) is 57.5 Å². The molecular formula is C16H26O3. The molecule has 0 bridgehead atoms. The predicted molar refractivity (Wildman–Crippen MR) is 76.8 cm³/mol. The normalized spacial score (nSPS) is 37.4. The molecule has 3 heteroatoms. The molecule has 0 amide bonds. The van der Waals surface area contributed by atoms with Crippen LogP contribution in [0.3, 0.4) is 0 Å². The van der Waals surface area contributed by atoms with E-state index in [1.165, 1.54) is 12.8 Å². The van der Waals surface area contributed by atoms with Crippen LogP contribution in [0.15, 0.2) is 24.3 Å². The second-order valence-electron chi connectivity index (χ2n) is 6.11. The lowest BCUT2D eigenvalue weighted by Crippen LogP contribution is -2.39. The summed E-state index contributed by atoms with van der Waals surface area (Å²) in [5.41, 5.74) is 0.189. The summed E-state index contributed by atoms with van der Waals surface area (Å²) >= 11 is 0. The van der Waals surface area contributed by atoms with Gasteiger partial charge in [-0.25, -0.2) is 0 Å². The molecule has 0 aromatic carbocycles. The third-order valence-electron chi connectivity index (χ3n) is 4.21. The van der Waals surface area contributed by atoms with Gasteiger partial charge in [-0.1, -0.05) is 44.6 Å². The number of carboxylic acid groups (broad SMARTS) is 1. The number of aliphatic hydroxyl groups is 1. The fourth-order valence-corrected chi connectivity index (χ4v) is 3.14. The molecule has 108 valence electrons. The lowest BCUT2D eigenvalue weighted by molar-refractivity contribution is -0.134. The van der Waals surface area contributed by atoms with Crippen LogP contribution in [0.1, 0.15) is 46.5 Å². The Morgan fingerprint density at radius 3 is 2.42 bits per heavy atom. The van der Waals surface area contributed by atoms with E-state index in [-0.39, 0.29) is 11.5 Å². The number of aliphatic hydroxyl groups excluding tert-OH is 1. The van der Waals surface area contributed by atoms with Gasteiger partial charge in [-0.3, -0.25) is 4.79 Å². The Morgan fingerprint density at radius 1 is 1.32 bits per heavy atom. The van der Waals surface area contributed by atoms with Gasteiger partial charge in [0.05, 0.1) is 6.10 Å². The van der Waals surface area contributed by atoms with E-state index in [1.54, 1.807) is 0 Å². The van der Waals surface area contributed by atoms with Gasteiger partial charge in [-0.2, -0.15) is 0 Å². The summed E-state index contributed by atoms with van der Waals surface area (Å²) in [7, 11) is 0.